The van der Waals surface area contributed by atoms with E-state index in [0.29, 0.717) is 5.69 Å². The first-order chi connectivity index (χ1) is 5.20. The van der Waals surface area contributed by atoms with Crippen molar-refractivity contribution in [2.45, 2.75) is 12.5 Å². The van der Waals surface area contributed by atoms with Gasteiger partial charge in [0.15, 0.2) is 0 Å². The molecule has 5 nitrogen and oxygen atoms in total. The van der Waals surface area contributed by atoms with Crippen molar-refractivity contribution in [3.63, 3.8) is 0 Å². The van der Waals surface area contributed by atoms with Gasteiger partial charge in [-0.1, -0.05) is 18.2 Å². The molecule has 1 heterocycles. The van der Waals surface area contributed by atoms with Crippen molar-refractivity contribution in [2.75, 3.05) is 0 Å². The minimum atomic E-state index is -1.27. The second-order valence-electron chi connectivity index (χ2n) is 2.14. The van der Waals surface area contributed by atoms with Gasteiger partial charge in [0.25, 0.3) is 0 Å². The first-order valence-electron chi connectivity index (χ1n) is 3.08. The van der Waals surface area contributed by atoms with Crippen LogP contribution in [0.25, 0.3) is 0 Å². The van der Waals surface area contributed by atoms with Gasteiger partial charge in [-0.3, -0.25) is 0 Å². The number of nitrogens with zero attached hydrogens (tertiary/aromatic N) is 2. The van der Waals surface area contributed by atoms with Crippen LogP contribution >= 0.6 is 0 Å². The van der Waals surface area contributed by atoms with E-state index >= 15 is 0 Å². The monoisotopic (exact) mass is 205 g/mol. The molecule has 0 saturated carbocycles. The maximum atomic E-state index is 10.1. The maximum Gasteiger partial charge on any atom is 2.00 e. The fraction of sp³-hybridized carbons (Fsp3) is 0.333. The quantitative estimate of drug-likeness (QED) is 0.596. The summed E-state index contributed by atoms with van der Waals surface area (Å²) >= 11 is 0. The van der Waals surface area contributed by atoms with Crippen LogP contribution in [0.1, 0.15) is 5.69 Å². The summed E-state index contributed by atoms with van der Waals surface area (Å²) in [5.74, 6) is -1.27. The molecule has 0 amide bonds. The Morgan fingerprint density at radius 1 is 1.83 bits per heavy atom. The Morgan fingerprint density at radius 2 is 2.50 bits per heavy atom. The summed E-state index contributed by atoms with van der Waals surface area (Å²) in [5, 5.41) is 10.1. The smallest absolute Gasteiger partial charge is 0.548 e. The number of hydrogen-bond donors (Lipinski definition) is 1. The van der Waals surface area contributed by atoms with Crippen LogP contribution in [-0.2, 0) is 28.6 Å². The Kier molecular flexibility index (Phi) is 4.59. The topological polar surface area (TPSA) is 93.1 Å². The maximum absolute atomic E-state index is 10.1. The van der Waals surface area contributed by atoms with Gasteiger partial charge in [0.05, 0.1) is 5.97 Å². The van der Waals surface area contributed by atoms with E-state index in [9.17, 15) is 9.90 Å². The molecule has 0 radical (unpaired) electrons. The molecule has 0 unspecified atom stereocenters. The molecule has 0 spiro atoms. The van der Waals surface area contributed by atoms with E-state index in [1.54, 1.807) is 0 Å². The van der Waals surface area contributed by atoms with Crippen LogP contribution in [0.2, 0.25) is 0 Å². The first-order valence-corrected chi connectivity index (χ1v) is 3.08. The van der Waals surface area contributed by atoms with E-state index in [2.05, 4.69) is 9.97 Å². The van der Waals surface area contributed by atoms with Crippen molar-refractivity contribution in [3.8, 4) is 0 Å². The molecular weight excluding hydrogens is 198 g/mol. The Morgan fingerprint density at radius 3 is 2.92 bits per heavy atom. The normalized spacial score (nSPS) is 11.8. The third-order valence-corrected chi connectivity index (χ3v) is 1.25. The first kappa shape index (κ1) is 11.2. The van der Waals surface area contributed by atoms with Crippen LogP contribution in [-0.4, -0.2) is 17.0 Å². The molecule has 12 heavy (non-hydrogen) atoms. The standard InChI is InChI=1S/C6H9N3O2.Cr/c7-5(6(10)11)1-4-2-8-3-9-4;/h2-3,5H,1,7H2,(H2,8,9,10,11);/q;+2/p-2/t5-;/m0./s1. The van der Waals surface area contributed by atoms with E-state index in [1.807, 2.05) is 0 Å². The van der Waals surface area contributed by atoms with Crippen LogP contribution in [0, 0.1) is 0 Å². The van der Waals surface area contributed by atoms with Crippen LogP contribution < -0.4 is 15.8 Å². The van der Waals surface area contributed by atoms with Gasteiger partial charge in [-0.2, -0.15) is 0 Å². The fourth-order valence-corrected chi connectivity index (χ4v) is 0.674. The molecule has 0 aliphatic heterocycles. The fourth-order valence-electron chi connectivity index (χ4n) is 0.674. The predicted octanol–water partition coefficient (Wildman–Crippen LogP) is -2.34. The second kappa shape index (κ2) is 4.93. The van der Waals surface area contributed by atoms with Gasteiger partial charge < -0.3 is 25.6 Å². The van der Waals surface area contributed by atoms with E-state index in [-0.39, 0.29) is 23.8 Å². The number of aromatic nitrogens is 2. The molecule has 64 valence electrons. The minimum Gasteiger partial charge on any atom is -0.548 e. The third kappa shape index (κ3) is 3.05. The molecule has 2 N–H and O–H groups in total. The molecule has 6 heteroatoms. The summed E-state index contributed by atoms with van der Waals surface area (Å²) in [5.41, 5.74) is 5.75. The van der Waals surface area contributed by atoms with Gasteiger partial charge >= 0.3 is 17.4 Å². The van der Waals surface area contributed by atoms with E-state index in [4.69, 9.17) is 5.73 Å². The molecule has 1 rings (SSSR count). The molecule has 0 aliphatic rings. The number of carboxylic acid groups (broad SMARTS) is 1. The van der Waals surface area contributed by atoms with Gasteiger partial charge in [0, 0.05) is 6.04 Å². The summed E-state index contributed by atoms with van der Waals surface area (Å²) in [4.78, 5) is 17.6. The van der Waals surface area contributed by atoms with Gasteiger partial charge in [0.2, 0.25) is 0 Å². The van der Waals surface area contributed by atoms with Crippen LogP contribution in [0.4, 0.5) is 0 Å². The average molecular weight is 205 g/mol. The van der Waals surface area contributed by atoms with Crippen molar-refractivity contribution in [2.24, 2.45) is 5.73 Å². The summed E-state index contributed by atoms with van der Waals surface area (Å²) in [6, 6.07) is -0.994. The third-order valence-electron chi connectivity index (χ3n) is 1.25. The summed E-state index contributed by atoms with van der Waals surface area (Å²) in [6.45, 7) is 0. The average Bonchev–Trinajstić information content (AvgIpc) is 2.39. The van der Waals surface area contributed by atoms with E-state index in [1.165, 1.54) is 12.5 Å². The summed E-state index contributed by atoms with van der Waals surface area (Å²) < 4.78 is 0. The molecule has 0 saturated heterocycles. The number of hydrogen-bond acceptors (Lipinski definition) is 4. The Balaban J connectivity index is 0.00000121. The zero-order valence-electron chi connectivity index (χ0n) is 6.14. The number of imidazole rings is 1. The molecule has 0 bridgehead atoms. The molecule has 0 fully saturated rings. The molecule has 1 aromatic heterocycles. The second-order valence-corrected chi connectivity index (χ2v) is 2.14. The summed E-state index contributed by atoms with van der Waals surface area (Å²) in [6.07, 6.45) is 2.99. The Hall–Kier alpha value is -0.828. The molecule has 0 aromatic carbocycles. The Bertz CT molecular complexity index is 237. The van der Waals surface area contributed by atoms with Gasteiger partial charge in [-0.15, -0.1) is 0 Å². The summed E-state index contributed by atoms with van der Waals surface area (Å²) in [7, 11) is 0. The van der Waals surface area contributed by atoms with Crippen molar-refractivity contribution in [1.82, 2.24) is 9.97 Å². The van der Waals surface area contributed by atoms with E-state index in [0.717, 1.165) is 0 Å². The van der Waals surface area contributed by atoms with Crippen LogP contribution in [0.3, 0.4) is 0 Å². The van der Waals surface area contributed by atoms with Gasteiger partial charge in [-0.25, -0.2) is 0 Å². The number of carboxylic acids is 1. The van der Waals surface area contributed by atoms with Crippen LogP contribution in [0.5, 0.6) is 0 Å². The predicted molar refractivity (Wildman–Crippen MR) is 34.2 cm³/mol. The van der Waals surface area contributed by atoms with Crippen molar-refractivity contribution in [1.29, 1.82) is 0 Å². The van der Waals surface area contributed by atoms with Gasteiger partial charge in [0.1, 0.15) is 0 Å². The largest absolute Gasteiger partial charge is 2.00 e. The molecule has 1 aromatic rings. The molecule has 0 aliphatic carbocycles. The number of carbonyl (C=O) groups excluding carboxylic acids is 1. The zero-order valence-corrected chi connectivity index (χ0v) is 7.41. The Labute approximate surface area is 80.1 Å². The van der Waals surface area contributed by atoms with Crippen LogP contribution in [0.15, 0.2) is 12.5 Å². The van der Waals surface area contributed by atoms with Crippen molar-refractivity contribution < 1.29 is 27.3 Å². The van der Waals surface area contributed by atoms with Crippen molar-refractivity contribution >= 4 is 5.97 Å². The molecular formula is C6H7CrN3O2. The minimum absolute atomic E-state index is 0. The van der Waals surface area contributed by atoms with Crippen molar-refractivity contribution in [3.05, 3.63) is 18.2 Å². The molecule has 1 atom stereocenters. The van der Waals surface area contributed by atoms with Gasteiger partial charge in [-0.05, 0) is 6.42 Å². The number of nitrogens with two attached hydrogens (primary N) is 1. The SMILES string of the molecule is N[C@@H](Cc1c[n-]cn1)C(=O)[O-].[Cr+2]. The number of carbonyl (C=O) groups is 1. The zero-order chi connectivity index (χ0) is 8.27. The number of aliphatic carboxylic acids is 1. The number of rotatable bonds is 3. The van der Waals surface area contributed by atoms with E-state index < -0.39 is 12.0 Å².